The molecule has 1 amide bonds. The van der Waals surface area contributed by atoms with E-state index in [0.29, 0.717) is 18.8 Å². The fraction of sp³-hybridized carbons (Fsp3) is 0.688. The summed E-state index contributed by atoms with van der Waals surface area (Å²) in [7, 11) is 0. The molecule has 1 aromatic rings. The molecule has 0 N–H and O–H groups in total. The van der Waals surface area contributed by atoms with Gasteiger partial charge in [-0.3, -0.25) is 0 Å². The summed E-state index contributed by atoms with van der Waals surface area (Å²) in [6.45, 7) is 8.72. The number of aliphatic carboxylic acids is 1. The minimum atomic E-state index is -1.11. The molecule has 1 aromatic heterocycles. The summed E-state index contributed by atoms with van der Waals surface area (Å²) < 4.78 is 5.39. The first-order valence-corrected chi connectivity index (χ1v) is 8.61. The van der Waals surface area contributed by atoms with E-state index in [-0.39, 0.29) is 18.4 Å². The van der Waals surface area contributed by atoms with Crippen molar-refractivity contribution in [2.75, 3.05) is 13.1 Å². The summed E-state index contributed by atoms with van der Waals surface area (Å²) in [5.41, 5.74) is 0.111. The van der Waals surface area contributed by atoms with Crippen molar-refractivity contribution in [1.29, 1.82) is 0 Å². The summed E-state index contributed by atoms with van der Waals surface area (Å²) >= 11 is 1.55. The molecule has 1 aliphatic rings. The average molecular weight is 339 g/mol. The van der Waals surface area contributed by atoms with Gasteiger partial charge in [-0.1, -0.05) is 0 Å². The molecule has 23 heavy (non-hydrogen) atoms. The van der Waals surface area contributed by atoms with E-state index >= 15 is 0 Å². The predicted molar refractivity (Wildman–Crippen MR) is 85.3 cm³/mol. The number of carboxylic acids is 1. The third kappa shape index (κ3) is 4.92. The highest BCUT2D eigenvalue weighted by Gasteiger charge is 2.29. The molecule has 0 aromatic carbocycles. The van der Waals surface area contributed by atoms with E-state index in [1.54, 1.807) is 16.2 Å². The fourth-order valence-electron chi connectivity index (χ4n) is 2.56. The summed E-state index contributed by atoms with van der Waals surface area (Å²) in [5.74, 6) is -0.836. The van der Waals surface area contributed by atoms with Crippen LogP contribution in [0.2, 0.25) is 0 Å². The van der Waals surface area contributed by atoms with Gasteiger partial charge in [0.25, 0.3) is 0 Å². The highest BCUT2D eigenvalue weighted by molar-refractivity contribution is 7.11. The lowest BCUT2D eigenvalue weighted by atomic mass is 9.98. The molecule has 0 atom stereocenters. The van der Waals surface area contributed by atoms with Gasteiger partial charge in [0.15, 0.2) is 0 Å². The Kier molecular flexibility index (Phi) is 5.29. The van der Waals surface area contributed by atoms with Crippen molar-refractivity contribution in [3.8, 4) is 0 Å². The first-order valence-electron chi connectivity index (χ1n) is 7.79. The van der Waals surface area contributed by atoms with Crippen molar-refractivity contribution in [3.63, 3.8) is 0 Å². The van der Waals surface area contributed by atoms with Crippen LogP contribution in [0.5, 0.6) is 0 Å². The van der Waals surface area contributed by atoms with Gasteiger partial charge in [0, 0.05) is 36.3 Å². The number of carboxylic acid groups (broad SMARTS) is 1. The molecule has 0 saturated carbocycles. The maximum Gasteiger partial charge on any atom is 0.410 e. The molecule has 6 nitrogen and oxygen atoms in total. The van der Waals surface area contributed by atoms with Crippen LogP contribution in [0.3, 0.4) is 0 Å². The van der Waals surface area contributed by atoms with E-state index in [2.05, 4.69) is 4.98 Å². The minimum absolute atomic E-state index is 0.140. The van der Waals surface area contributed by atoms with Gasteiger partial charge in [0.1, 0.15) is 5.60 Å². The summed E-state index contributed by atoms with van der Waals surface area (Å²) in [6, 6.07) is 0. The number of carbonyl (C=O) groups excluding carboxylic acids is 2. The van der Waals surface area contributed by atoms with Crippen LogP contribution < -0.4 is 5.11 Å². The molecule has 0 aliphatic carbocycles. The Balaban J connectivity index is 1.94. The van der Waals surface area contributed by atoms with Crippen molar-refractivity contribution < 1.29 is 19.4 Å². The monoisotopic (exact) mass is 339 g/mol. The number of nitrogens with zero attached hydrogens (tertiary/aromatic N) is 2. The number of ether oxygens (including phenoxy) is 1. The minimum Gasteiger partial charge on any atom is -0.550 e. The lowest BCUT2D eigenvalue weighted by molar-refractivity contribution is -0.304. The first kappa shape index (κ1) is 17.7. The SMILES string of the molecule is Cc1sc(C2CCN(C(=O)OC(C)(C)C)CC2)nc1CC(=O)[O-]. The fourth-order valence-corrected chi connectivity index (χ4v) is 3.67. The maximum atomic E-state index is 12.1. The van der Waals surface area contributed by atoms with Crippen LogP contribution in [0.1, 0.15) is 55.1 Å². The van der Waals surface area contributed by atoms with Gasteiger partial charge in [-0.05, 0) is 40.5 Å². The number of aromatic nitrogens is 1. The Morgan fingerprint density at radius 1 is 1.35 bits per heavy atom. The lowest BCUT2D eigenvalue weighted by Crippen LogP contribution is -2.41. The van der Waals surface area contributed by atoms with Gasteiger partial charge in [0.2, 0.25) is 0 Å². The van der Waals surface area contributed by atoms with Crippen LogP contribution in [0.25, 0.3) is 0 Å². The Labute approximate surface area is 140 Å². The zero-order valence-corrected chi connectivity index (χ0v) is 14.9. The third-order valence-electron chi connectivity index (χ3n) is 3.72. The van der Waals surface area contributed by atoms with Crippen LogP contribution in [0.15, 0.2) is 0 Å². The van der Waals surface area contributed by atoms with Gasteiger partial charge in [-0.2, -0.15) is 0 Å². The molecule has 1 fully saturated rings. The normalized spacial score (nSPS) is 16.4. The van der Waals surface area contributed by atoms with Crippen LogP contribution in [0, 0.1) is 6.92 Å². The number of likely N-dealkylation sites (tertiary alicyclic amines) is 1. The number of piperidine rings is 1. The summed E-state index contributed by atoms with van der Waals surface area (Å²) in [5, 5.41) is 11.7. The van der Waals surface area contributed by atoms with Gasteiger partial charge >= 0.3 is 6.09 Å². The van der Waals surface area contributed by atoms with Crippen molar-refractivity contribution >= 4 is 23.4 Å². The van der Waals surface area contributed by atoms with Crippen LogP contribution in [-0.2, 0) is 16.0 Å². The number of rotatable bonds is 3. The Morgan fingerprint density at radius 2 is 1.96 bits per heavy atom. The Morgan fingerprint density at radius 3 is 2.48 bits per heavy atom. The van der Waals surface area contributed by atoms with Crippen molar-refractivity contribution in [2.45, 2.75) is 58.5 Å². The second-order valence-corrected chi connectivity index (χ2v) is 8.08. The quantitative estimate of drug-likeness (QED) is 0.839. The lowest BCUT2D eigenvalue weighted by Gasteiger charge is -2.32. The molecule has 0 spiro atoms. The van der Waals surface area contributed by atoms with Gasteiger partial charge in [-0.15, -0.1) is 11.3 Å². The molecule has 128 valence electrons. The van der Waals surface area contributed by atoms with Crippen molar-refractivity contribution in [2.24, 2.45) is 0 Å². The maximum absolute atomic E-state index is 12.1. The smallest absolute Gasteiger partial charge is 0.410 e. The van der Waals surface area contributed by atoms with Gasteiger partial charge in [0.05, 0.1) is 10.7 Å². The first-order chi connectivity index (χ1) is 10.7. The van der Waals surface area contributed by atoms with Gasteiger partial charge in [-0.25, -0.2) is 9.78 Å². The van der Waals surface area contributed by atoms with Gasteiger partial charge < -0.3 is 19.5 Å². The summed E-state index contributed by atoms with van der Waals surface area (Å²) in [4.78, 5) is 29.9. The molecule has 0 unspecified atom stereocenters. The van der Waals surface area contributed by atoms with Crippen molar-refractivity contribution in [3.05, 3.63) is 15.6 Å². The zero-order valence-electron chi connectivity index (χ0n) is 14.0. The molecule has 2 heterocycles. The second-order valence-electron chi connectivity index (χ2n) is 6.85. The predicted octanol–water partition coefficient (Wildman–Crippen LogP) is 1.86. The molecule has 1 saturated heterocycles. The zero-order chi connectivity index (χ0) is 17.2. The number of amides is 1. The van der Waals surface area contributed by atoms with Crippen LogP contribution in [-0.4, -0.2) is 40.6 Å². The highest BCUT2D eigenvalue weighted by atomic mass is 32.1. The Hall–Kier alpha value is -1.63. The van der Waals surface area contributed by atoms with E-state index in [9.17, 15) is 14.7 Å². The molecule has 0 bridgehead atoms. The van der Waals surface area contributed by atoms with E-state index in [1.807, 2.05) is 27.7 Å². The number of aryl methyl sites for hydroxylation is 1. The number of thiazole rings is 1. The van der Waals surface area contributed by atoms with E-state index < -0.39 is 11.6 Å². The van der Waals surface area contributed by atoms with E-state index in [1.165, 1.54) is 0 Å². The highest BCUT2D eigenvalue weighted by Crippen LogP contribution is 2.33. The average Bonchev–Trinajstić information content (AvgIpc) is 2.78. The second kappa shape index (κ2) is 6.86. The number of hydrogen-bond acceptors (Lipinski definition) is 6. The molecular formula is C16H23N2O4S-. The molecular weight excluding hydrogens is 316 g/mol. The molecule has 1 aliphatic heterocycles. The number of hydrogen-bond donors (Lipinski definition) is 0. The van der Waals surface area contributed by atoms with Crippen LogP contribution in [0.4, 0.5) is 4.79 Å². The number of carbonyl (C=O) groups is 2. The van der Waals surface area contributed by atoms with E-state index in [0.717, 1.165) is 22.7 Å². The van der Waals surface area contributed by atoms with E-state index in [4.69, 9.17) is 4.74 Å². The van der Waals surface area contributed by atoms with Crippen molar-refractivity contribution in [1.82, 2.24) is 9.88 Å². The standard InChI is InChI=1S/C16H24N2O4S/c1-10-12(9-13(19)20)17-14(23-10)11-5-7-18(8-6-11)15(21)22-16(2,3)4/h11H,5-9H2,1-4H3,(H,19,20)/p-1. The Bertz CT molecular complexity index is 583. The summed E-state index contributed by atoms with van der Waals surface area (Å²) in [6.07, 6.45) is 1.22. The molecule has 0 radical (unpaired) electrons. The van der Waals surface area contributed by atoms with Crippen LogP contribution >= 0.6 is 11.3 Å². The topological polar surface area (TPSA) is 82.6 Å². The molecule has 7 heteroatoms. The largest absolute Gasteiger partial charge is 0.550 e. The molecule has 2 rings (SSSR count). The third-order valence-corrected chi connectivity index (χ3v) is 4.89.